The third-order valence-electron chi connectivity index (χ3n) is 5.45. The molecule has 3 aromatic rings. The van der Waals surface area contributed by atoms with E-state index in [0.29, 0.717) is 58.2 Å². The van der Waals surface area contributed by atoms with E-state index < -0.39 is 11.5 Å². The van der Waals surface area contributed by atoms with Crippen LogP contribution in [0.5, 0.6) is 0 Å². The van der Waals surface area contributed by atoms with E-state index in [2.05, 4.69) is 15.1 Å². The molecule has 2 aromatic heterocycles. The van der Waals surface area contributed by atoms with Crippen LogP contribution in [0.4, 0.5) is 10.2 Å². The van der Waals surface area contributed by atoms with Crippen molar-refractivity contribution >= 4 is 34.2 Å². The van der Waals surface area contributed by atoms with Gasteiger partial charge < -0.3 is 4.52 Å². The van der Waals surface area contributed by atoms with Gasteiger partial charge in [0, 0.05) is 42.9 Å². The highest BCUT2D eigenvalue weighted by molar-refractivity contribution is 6.66. The number of hydrogen-bond donors (Lipinski definition) is 0. The highest BCUT2D eigenvalue weighted by Gasteiger charge is 2.24. The Morgan fingerprint density at radius 3 is 2.70 bits per heavy atom. The van der Waals surface area contributed by atoms with Crippen LogP contribution in [0.15, 0.2) is 37.3 Å². The number of halogens is 3. The highest BCUT2D eigenvalue weighted by Crippen LogP contribution is 2.24. The molecule has 1 aliphatic heterocycles. The largest absolute Gasteiger partial charge is 0.339 e. The van der Waals surface area contributed by atoms with Gasteiger partial charge in [-0.15, -0.1) is 0 Å². The zero-order valence-corrected chi connectivity index (χ0v) is 19.5. The molecule has 0 atom stereocenters. The Morgan fingerprint density at radius 1 is 1.15 bits per heavy atom. The fourth-order valence-electron chi connectivity index (χ4n) is 3.75. The van der Waals surface area contributed by atoms with Gasteiger partial charge in [-0.25, -0.2) is 14.2 Å². The summed E-state index contributed by atoms with van der Waals surface area (Å²) in [5, 5.41) is 4.48. The van der Waals surface area contributed by atoms with Gasteiger partial charge in [0.25, 0.3) is 5.56 Å². The molecule has 0 radical (unpaired) electrons. The molecule has 4 rings (SSSR count). The highest BCUT2D eigenvalue weighted by atomic mass is 35.5. The SMILES string of the molecule is CCCCn1c2c(c(=O)n(CCCc3nc(Cc4c(F)cccc4Cl)no3)c1=O)CC(Cl)=N2. The number of unbranched alkanes of at least 4 members (excludes halogenated alkanes) is 1. The predicted octanol–water partition coefficient (Wildman–Crippen LogP) is 4.03. The molecule has 0 saturated carbocycles. The standard InChI is InChI=1S/C22H22Cl2FN5O3/c1-2-3-9-29-20-14(11-17(24)26-20)21(31)30(22(29)32)10-5-8-19-27-18(28-33-19)12-13-15(23)6-4-7-16(13)25/h4,6-7H,2-3,5,8-12H2,1H3. The van der Waals surface area contributed by atoms with Crippen molar-refractivity contribution in [1.29, 1.82) is 0 Å². The normalized spacial score (nSPS) is 12.8. The molecule has 0 amide bonds. The van der Waals surface area contributed by atoms with Crippen molar-refractivity contribution in [2.75, 3.05) is 0 Å². The second-order valence-corrected chi connectivity index (χ2v) is 8.64. The summed E-state index contributed by atoms with van der Waals surface area (Å²) >= 11 is 12.1. The lowest BCUT2D eigenvalue weighted by molar-refractivity contribution is 0.366. The summed E-state index contributed by atoms with van der Waals surface area (Å²) < 4.78 is 22.0. The van der Waals surface area contributed by atoms with E-state index in [1.54, 1.807) is 6.07 Å². The first kappa shape index (κ1) is 23.4. The summed E-state index contributed by atoms with van der Waals surface area (Å²) in [6.07, 6.45) is 2.80. The van der Waals surface area contributed by atoms with E-state index in [1.165, 1.54) is 21.3 Å². The molecular formula is C22H22Cl2FN5O3. The minimum absolute atomic E-state index is 0.0994. The molecule has 8 nitrogen and oxygen atoms in total. The van der Waals surface area contributed by atoms with Gasteiger partial charge in [0.15, 0.2) is 5.82 Å². The number of aryl methyl sites for hydroxylation is 1. The van der Waals surface area contributed by atoms with Gasteiger partial charge in [-0.3, -0.25) is 13.9 Å². The summed E-state index contributed by atoms with van der Waals surface area (Å²) in [4.78, 5) is 34.4. The van der Waals surface area contributed by atoms with Gasteiger partial charge in [0.1, 0.15) is 16.8 Å². The predicted molar refractivity (Wildman–Crippen MR) is 123 cm³/mol. The fourth-order valence-corrected chi connectivity index (χ4v) is 4.20. The van der Waals surface area contributed by atoms with Gasteiger partial charge in [0.05, 0.1) is 5.56 Å². The number of rotatable bonds is 9. The van der Waals surface area contributed by atoms with E-state index in [0.717, 1.165) is 12.8 Å². The maximum atomic E-state index is 14.0. The van der Waals surface area contributed by atoms with Crippen LogP contribution in [0, 0.1) is 5.82 Å². The number of aliphatic imine (C=N–C) groups is 1. The Labute approximate surface area is 198 Å². The first-order chi connectivity index (χ1) is 15.9. The summed E-state index contributed by atoms with van der Waals surface area (Å²) in [7, 11) is 0. The van der Waals surface area contributed by atoms with E-state index in [9.17, 15) is 14.0 Å². The first-order valence-corrected chi connectivity index (χ1v) is 11.5. The third kappa shape index (κ3) is 4.94. The van der Waals surface area contributed by atoms with E-state index >= 15 is 0 Å². The van der Waals surface area contributed by atoms with Crippen LogP contribution in [0.2, 0.25) is 5.02 Å². The molecular weight excluding hydrogens is 472 g/mol. The van der Waals surface area contributed by atoms with Crippen molar-refractivity contribution in [2.45, 2.75) is 58.5 Å². The maximum absolute atomic E-state index is 14.0. The van der Waals surface area contributed by atoms with E-state index in [-0.39, 0.29) is 24.9 Å². The van der Waals surface area contributed by atoms with Gasteiger partial charge in [0.2, 0.25) is 5.89 Å². The Hall–Kier alpha value is -2.78. The van der Waals surface area contributed by atoms with Crippen LogP contribution >= 0.6 is 23.2 Å². The van der Waals surface area contributed by atoms with Crippen LogP contribution in [-0.4, -0.2) is 24.4 Å². The third-order valence-corrected chi connectivity index (χ3v) is 6.03. The van der Waals surface area contributed by atoms with Crippen molar-refractivity contribution in [1.82, 2.24) is 19.3 Å². The molecule has 11 heteroatoms. The number of nitrogens with zero attached hydrogens (tertiary/aromatic N) is 5. The summed E-state index contributed by atoms with van der Waals surface area (Å²) in [6.45, 7) is 2.68. The van der Waals surface area contributed by atoms with Gasteiger partial charge in [-0.1, -0.05) is 47.8 Å². The van der Waals surface area contributed by atoms with Crippen LogP contribution in [0.1, 0.15) is 49.0 Å². The molecule has 0 unspecified atom stereocenters. The summed E-state index contributed by atoms with van der Waals surface area (Å²) in [5.74, 6) is 0.575. The molecule has 1 aromatic carbocycles. The van der Waals surface area contributed by atoms with Gasteiger partial charge in [-0.05, 0) is 25.0 Å². The second kappa shape index (κ2) is 10.0. The molecule has 0 saturated heterocycles. The minimum atomic E-state index is -0.437. The van der Waals surface area contributed by atoms with Crippen LogP contribution in [-0.2, 0) is 32.4 Å². The lowest BCUT2D eigenvalue weighted by Crippen LogP contribution is -2.41. The average Bonchev–Trinajstić information content (AvgIpc) is 3.39. The molecule has 33 heavy (non-hydrogen) atoms. The number of fused-ring (bicyclic) bond motifs is 1. The van der Waals surface area contributed by atoms with E-state index in [4.69, 9.17) is 27.7 Å². The van der Waals surface area contributed by atoms with Crippen molar-refractivity contribution in [3.05, 3.63) is 72.7 Å². The zero-order chi connectivity index (χ0) is 23.5. The fraction of sp³-hybridized carbons (Fsp3) is 0.409. The quantitative estimate of drug-likeness (QED) is 0.448. The molecule has 0 spiro atoms. The van der Waals surface area contributed by atoms with Crippen LogP contribution in [0.25, 0.3) is 0 Å². The number of benzene rings is 1. The zero-order valence-electron chi connectivity index (χ0n) is 18.0. The van der Waals surface area contributed by atoms with Crippen LogP contribution < -0.4 is 11.2 Å². The van der Waals surface area contributed by atoms with Crippen molar-refractivity contribution < 1.29 is 8.91 Å². The van der Waals surface area contributed by atoms with Gasteiger partial charge >= 0.3 is 5.69 Å². The Balaban J connectivity index is 1.47. The molecule has 0 bridgehead atoms. The monoisotopic (exact) mass is 493 g/mol. The van der Waals surface area contributed by atoms with Crippen molar-refractivity contribution in [3.63, 3.8) is 0 Å². The van der Waals surface area contributed by atoms with Crippen LogP contribution in [0.3, 0.4) is 0 Å². The molecule has 174 valence electrons. The second-order valence-electron chi connectivity index (χ2n) is 7.80. The molecule has 1 aliphatic rings. The van der Waals surface area contributed by atoms with E-state index in [1.807, 2.05) is 6.92 Å². The number of aromatic nitrogens is 4. The molecule has 0 N–H and O–H groups in total. The first-order valence-electron chi connectivity index (χ1n) is 10.7. The Morgan fingerprint density at radius 2 is 1.94 bits per heavy atom. The topological polar surface area (TPSA) is 95.3 Å². The number of hydrogen-bond acceptors (Lipinski definition) is 6. The smallest absolute Gasteiger partial charge is 0.332 e. The van der Waals surface area contributed by atoms with Crippen molar-refractivity contribution in [3.8, 4) is 0 Å². The van der Waals surface area contributed by atoms with Gasteiger partial charge in [-0.2, -0.15) is 4.98 Å². The maximum Gasteiger partial charge on any atom is 0.332 e. The lowest BCUT2D eigenvalue weighted by Gasteiger charge is -2.13. The Bertz CT molecular complexity index is 1310. The average molecular weight is 494 g/mol. The molecule has 0 fully saturated rings. The van der Waals surface area contributed by atoms with Crippen molar-refractivity contribution in [2.24, 2.45) is 4.99 Å². The Kier molecular flexibility index (Phi) is 7.09. The summed E-state index contributed by atoms with van der Waals surface area (Å²) in [5.41, 5.74) is -0.0347. The minimum Gasteiger partial charge on any atom is -0.339 e. The summed E-state index contributed by atoms with van der Waals surface area (Å²) in [6, 6.07) is 4.45. The lowest BCUT2D eigenvalue weighted by atomic mass is 10.1. The molecule has 3 heterocycles. The molecule has 0 aliphatic carbocycles.